The highest BCUT2D eigenvalue weighted by Gasteiger charge is 2.49. The normalized spacial score (nSPS) is 15.7. The molecule has 2 amide bonds. The molecule has 6 rings (SSSR count). The van der Waals surface area contributed by atoms with Crippen LogP contribution < -0.4 is 21.9 Å². The minimum absolute atomic E-state index is 0.0151. The number of nitrogens with one attached hydrogen (secondary N) is 3. The molecule has 10 heteroatoms. The summed E-state index contributed by atoms with van der Waals surface area (Å²) in [5, 5.41) is 27.7. The summed E-state index contributed by atoms with van der Waals surface area (Å²) in [4.78, 5) is 42.8. The highest BCUT2D eigenvalue weighted by molar-refractivity contribution is 5.94. The number of rotatable bonds is 13. The number of aromatic amines is 1. The minimum Gasteiger partial charge on any atom is -0.506 e. The summed E-state index contributed by atoms with van der Waals surface area (Å²) in [5.41, 5.74) is 9.11. The van der Waals surface area contributed by atoms with Crippen molar-refractivity contribution in [3.05, 3.63) is 147 Å². The molecule has 7 N–H and O–H groups in total. The number of carbonyl (C=O) groups excluding carboxylic acids is 2. The van der Waals surface area contributed by atoms with E-state index >= 15 is 0 Å². The maximum Gasteiger partial charge on any atom is 0.251 e. The Kier molecular flexibility index (Phi) is 10.2. The summed E-state index contributed by atoms with van der Waals surface area (Å²) < 4.78 is 0. The van der Waals surface area contributed by atoms with E-state index < -0.39 is 11.5 Å². The molecule has 0 radical (unpaired) electrons. The molecule has 0 aliphatic carbocycles. The molecule has 2 heterocycles. The van der Waals surface area contributed by atoms with Gasteiger partial charge < -0.3 is 36.5 Å². The fourth-order valence-electron chi connectivity index (χ4n) is 7.13. The van der Waals surface area contributed by atoms with Gasteiger partial charge in [0.15, 0.2) is 0 Å². The average molecular weight is 660 g/mol. The Balaban J connectivity index is 1.00. The Bertz CT molecular complexity index is 1920. The molecule has 1 aliphatic rings. The van der Waals surface area contributed by atoms with Gasteiger partial charge >= 0.3 is 0 Å². The lowest BCUT2D eigenvalue weighted by atomic mass is 9.64. The Morgan fingerprint density at radius 2 is 1.59 bits per heavy atom. The van der Waals surface area contributed by atoms with Crippen LogP contribution in [0.2, 0.25) is 0 Å². The summed E-state index contributed by atoms with van der Waals surface area (Å²) in [6.07, 6.45) is -0.0617. The second kappa shape index (κ2) is 14.9. The van der Waals surface area contributed by atoms with E-state index in [0.29, 0.717) is 48.2 Å². The lowest BCUT2D eigenvalue weighted by molar-refractivity contribution is -0.123. The van der Waals surface area contributed by atoms with Crippen molar-refractivity contribution in [2.24, 2.45) is 11.7 Å². The Hall–Kier alpha value is -5.29. The Morgan fingerprint density at radius 1 is 0.918 bits per heavy atom. The van der Waals surface area contributed by atoms with Gasteiger partial charge in [0.05, 0.1) is 11.6 Å². The topological polar surface area (TPSA) is 161 Å². The predicted octanol–water partition coefficient (Wildman–Crippen LogP) is 3.58. The Morgan fingerprint density at radius 3 is 2.24 bits per heavy atom. The van der Waals surface area contributed by atoms with Crippen LogP contribution in [0, 0.1) is 5.92 Å². The van der Waals surface area contributed by atoms with Crippen molar-refractivity contribution in [1.29, 1.82) is 0 Å². The van der Waals surface area contributed by atoms with Gasteiger partial charge in [-0.1, -0.05) is 78.9 Å². The molecule has 2 atom stereocenters. The largest absolute Gasteiger partial charge is 0.506 e. The van der Waals surface area contributed by atoms with Gasteiger partial charge in [0.1, 0.15) is 11.2 Å². The van der Waals surface area contributed by atoms with Gasteiger partial charge in [-0.2, -0.15) is 0 Å². The molecule has 0 spiro atoms. The van der Waals surface area contributed by atoms with Gasteiger partial charge in [-0.05, 0) is 65.4 Å². The SMILES string of the molecule is NC(=O)C(c1ccccc1)(c1ccccc1)[C@@H]1CCN(CCNC(=O)c2ccc(CNC[C@@H](O)c3ccc(O)c4[nH]c(=O)ccc34)cc2)C1. The number of phenols is 1. The number of hydrogen-bond donors (Lipinski definition) is 6. The first-order valence-electron chi connectivity index (χ1n) is 16.5. The van der Waals surface area contributed by atoms with E-state index in [0.717, 1.165) is 29.7 Å². The van der Waals surface area contributed by atoms with Crippen molar-refractivity contribution < 1.29 is 19.8 Å². The summed E-state index contributed by atoms with van der Waals surface area (Å²) in [7, 11) is 0. The number of fused-ring (bicyclic) bond motifs is 1. The van der Waals surface area contributed by atoms with Crippen molar-refractivity contribution >= 4 is 22.7 Å². The summed E-state index contributed by atoms with van der Waals surface area (Å²) in [5.74, 6) is -0.592. The number of nitrogens with zero attached hydrogens (tertiary/aromatic N) is 1. The van der Waals surface area contributed by atoms with Gasteiger partial charge in [0, 0.05) is 49.7 Å². The number of aliphatic hydroxyl groups excluding tert-OH is 1. The van der Waals surface area contributed by atoms with Crippen molar-refractivity contribution in [3.63, 3.8) is 0 Å². The van der Waals surface area contributed by atoms with E-state index in [1.807, 2.05) is 72.8 Å². The number of hydrogen-bond acceptors (Lipinski definition) is 7. The molecule has 1 aromatic heterocycles. The number of likely N-dealkylation sites (tertiary alicyclic amines) is 1. The highest BCUT2D eigenvalue weighted by atomic mass is 16.3. The number of pyridine rings is 1. The van der Waals surface area contributed by atoms with Crippen molar-refractivity contribution in [3.8, 4) is 5.75 Å². The van der Waals surface area contributed by atoms with Gasteiger partial charge in [-0.3, -0.25) is 14.4 Å². The van der Waals surface area contributed by atoms with Crippen LogP contribution in [-0.2, 0) is 16.8 Å². The third kappa shape index (κ3) is 7.12. The summed E-state index contributed by atoms with van der Waals surface area (Å²) in [6.45, 7) is 3.32. The number of nitrogens with two attached hydrogens (primary N) is 1. The van der Waals surface area contributed by atoms with Crippen LogP contribution in [0.15, 0.2) is 114 Å². The molecule has 49 heavy (non-hydrogen) atoms. The first kappa shape index (κ1) is 33.6. The zero-order valence-electron chi connectivity index (χ0n) is 27.1. The highest BCUT2D eigenvalue weighted by Crippen LogP contribution is 2.43. The molecule has 5 aromatic rings. The van der Waals surface area contributed by atoms with E-state index in [1.165, 1.54) is 12.1 Å². The zero-order chi connectivity index (χ0) is 34.4. The number of aliphatic hydroxyl groups is 1. The fourth-order valence-corrected chi connectivity index (χ4v) is 7.13. The third-order valence-corrected chi connectivity index (χ3v) is 9.59. The second-order valence-electron chi connectivity index (χ2n) is 12.6. The van der Waals surface area contributed by atoms with Crippen LogP contribution in [-0.4, -0.2) is 64.6 Å². The van der Waals surface area contributed by atoms with E-state index in [4.69, 9.17) is 5.73 Å². The van der Waals surface area contributed by atoms with Crippen LogP contribution in [0.25, 0.3) is 10.9 Å². The van der Waals surface area contributed by atoms with Crippen LogP contribution in [0.5, 0.6) is 5.75 Å². The molecule has 252 valence electrons. The molecule has 1 fully saturated rings. The van der Waals surface area contributed by atoms with Gasteiger partial charge in [-0.15, -0.1) is 0 Å². The predicted molar refractivity (Wildman–Crippen MR) is 189 cm³/mol. The lowest BCUT2D eigenvalue weighted by Crippen LogP contribution is -2.49. The van der Waals surface area contributed by atoms with Crippen LogP contribution in [0.3, 0.4) is 0 Å². The van der Waals surface area contributed by atoms with E-state index in [2.05, 4.69) is 20.5 Å². The van der Waals surface area contributed by atoms with E-state index in [9.17, 15) is 24.6 Å². The number of benzene rings is 4. The van der Waals surface area contributed by atoms with Gasteiger partial charge in [0.2, 0.25) is 11.5 Å². The number of carbonyl (C=O) groups is 2. The average Bonchev–Trinajstić information content (AvgIpc) is 3.59. The fraction of sp³-hybridized carbons (Fsp3) is 0.256. The summed E-state index contributed by atoms with van der Waals surface area (Å²) >= 11 is 0. The molecular formula is C39H41N5O5. The molecule has 10 nitrogen and oxygen atoms in total. The standard InChI is InChI=1S/C39H41N5O5/c40-38(49)39(28-7-3-1-4-8-28,29-9-5-2-6-10-29)30-19-21-44(25-30)22-20-42-37(48)27-13-11-26(12-14-27)23-41-24-34(46)31-15-17-33(45)36-32(31)16-18-35(47)43-36/h1-18,30,34,41,45-46H,19-25H2,(H2,40,49)(H,42,48)(H,43,47)/t30-,34-/m1/s1. The number of aromatic nitrogens is 1. The summed E-state index contributed by atoms with van der Waals surface area (Å²) in [6, 6.07) is 32.9. The quantitative estimate of drug-likeness (QED) is 0.113. The van der Waals surface area contributed by atoms with Crippen LogP contribution in [0.1, 0.15) is 45.1 Å². The number of aromatic hydroxyl groups is 1. The van der Waals surface area contributed by atoms with E-state index in [1.54, 1.807) is 24.3 Å². The first-order chi connectivity index (χ1) is 23.8. The molecule has 0 unspecified atom stereocenters. The molecule has 0 bridgehead atoms. The number of amides is 2. The van der Waals surface area contributed by atoms with Crippen LogP contribution >= 0.6 is 0 Å². The maximum atomic E-state index is 13.3. The zero-order valence-corrected chi connectivity index (χ0v) is 27.1. The number of primary amides is 1. The monoisotopic (exact) mass is 659 g/mol. The second-order valence-corrected chi connectivity index (χ2v) is 12.6. The molecule has 1 aliphatic heterocycles. The maximum absolute atomic E-state index is 13.3. The lowest BCUT2D eigenvalue weighted by Gasteiger charge is -2.37. The molecule has 4 aromatic carbocycles. The number of H-pyrrole nitrogens is 1. The van der Waals surface area contributed by atoms with Crippen LogP contribution in [0.4, 0.5) is 0 Å². The van der Waals surface area contributed by atoms with Crippen molar-refractivity contribution in [1.82, 2.24) is 20.5 Å². The van der Waals surface area contributed by atoms with Crippen molar-refractivity contribution in [2.45, 2.75) is 24.5 Å². The first-order valence-corrected chi connectivity index (χ1v) is 16.5. The third-order valence-electron chi connectivity index (χ3n) is 9.59. The minimum atomic E-state index is -0.948. The Labute approximate surface area is 284 Å². The van der Waals surface area contributed by atoms with Crippen molar-refractivity contribution in [2.75, 3.05) is 32.7 Å². The van der Waals surface area contributed by atoms with Gasteiger partial charge in [-0.25, -0.2) is 0 Å². The number of phenolic OH excluding ortho intramolecular Hbond substituents is 1. The molecule has 0 saturated carbocycles. The molecule has 1 saturated heterocycles. The smallest absolute Gasteiger partial charge is 0.251 e. The van der Waals surface area contributed by atoms with Gasteiger partial charge in [0.25, 0.3) is 5.91 Å². The molecular weight excluding hydrogens is 618 g/mol. The van der Waals surface area contributed by atoms with E-state index in [-0.39, 0.29) is 35.6 Å².